The van der Waals surface area contributed by atoms with E-state index in [0.717, 1.165) is 5.56 Å². The Labute approximate surface area is 88.5 Å². The molecule has 0 aliphatic heterocycles. The monoisotopic (exact) mass is 206 g/mol. The van der Waals surface area contributed by atoms with E-state index in [4.69, 9.17) is 16.2 Å². The Balaban J connectivity index is 2.78. The van der Waals surface area contributed by atoms with E-state index >= 15 is 0 Å². The minimum Gasteiger partial charge on any atom is -0.497 e. The highest BCUT2D eigenvalue weighted by molar-refractivity contribution is 5.77. The van der Waals surface area contributed by atoms with Gasteiger partial charge in [-0.2, -0.15) is 0 Å². The maximum atomic E-state index is 10.5. The lowest BCUT2D eigenvalue weighted by Gasteiger charge is -2.03. The minimum atomic E-state index is -0.363. The second-order valence-electron chi connectivity index (χ2n) is 3.07. The maximum absolute atomic E-state index is 10.5. The van der Waals surface area contributed by atoms with E-state index in [-0.39, 0.29) is 12.3 Å². The molecule has 0 fully saturated rings. The fourth-order valence-electron chi connectivity index (χ4n) is 1.13. The van der Waals surface area contributed by atoms with E-state index in [2.05, 4.69) is 0 Å². The van der Waals surface area contributed by atoms with E-state index in [9.17, 15) is 4.79 Å². The molecule has 15 heavy (non-hydrogen) atoms. The average molecular weight is 206 g/mol. The third kappa shape index (κ3) is 3.34. The van der Waals surface area contributed by atoms with Crippen LogP contribution in [0.5, 0.6) is 5.75 Å². The summed E-state index contributed by atoms with van der Waals surface area (Å²) in [5, 5.41) is 0. The molecule has 0 aliphatic rings. The topological polar surface area (TPSA) is 78.3 Å². The fourth-order valence-corrected chi connectivity index (χ4v) is 1.13. The zero-order valence-corrected chi connectivity index (χ0v) is 8.57. The summed E-state index contributed by atoms with van der Waals surface area (Å²) in [6.07, 6.45) is 3.66. The first kappa shape index (κ1) is 11.1. The molecule has 1 aromatic rings. The van der Waals surface area contributed by atoms with Crippen LogP contribution < -0.4 is 16.2 Å². The van der Waals surface area contributed by atoms with Crippen LogP contribution in [0.3, 0.4) is 0 Å². The Morgan fingerprint density at radius 3 is 2.80 bits per heavy atom. The molecule has 0 spiro atoms. The van der Waals surface area contributed by atoms with Gasteiger partial charge in [0.25, 0.3) is 0 Å². The first-order valence-corrected chi connectivity index (χ1v) is 4.52. The van der Waals surface area contributed by atoms with Crippen LogP contribution in [-0.4, -0.2) is 13.0 Å². The van der Waals surface area contributed by atoms with Gasteiger partial charge in [-0.05, 0) is 17.7 Å². The third-order valence-electron chi connectivity index (χ3n) is 1.91. The Morgan fingerprint density at radius 1 is 1.53 bits per heavy atom. The number of amides is 1. The first-order chi connectivity index (χ1) is 7.13. The van der Waals surface area contributed by atoms with Crippen molar-refractivity contribution >= 4 is 17.7 Å². The van der Waals surface area contributed by atoms with E-state index in [1.807, 2.05) is 6.07 Å². The quantitative estimate of drug-likeness (QED) is 0.726. The summed E-state index contributed by atoms with van der Waals surface area (Å²) >= 11 is 0. The number of carbonyl (C=O) groups is 1. The molecule has 0 aromatic heterocycles. The van der Waals surface area contributed by atoms with Crippen LogP contribution in [0.1, 0.15) is 12.0 Å². The number of hydrogen-bond acceptors (Lipinski definition) is 3. The van der Waals surface area contributed by atoms with Crippen LogP contribution in [0.25, 0.3) is 6.08 Å². The van der Waals surface area contributed by atoms with Crippen molar-refractivity contribution in [3.63, 3.8) is 0 Å². The molecule has 1 rings (SSSR count). The van der Waals surface area contributed by atoms with Gasteiger partial charge in [-0.15, -0.1) is 0 Å². The lowest BCUT2D eigenvalue weighted by molar-refractivity contribution is -0.117. The summed E-state index contributed by atoms with van der Waals surface area (Å²) in [7, 11) is 1.58. The average Bonchev–Trinajstić information content (AvgIpc) is 2.20. The molecule has 0 saturated heterocycles. The summed E-state index contributed by atoms with van der Waals surface area (Å²) < 4.78 is 5.01. The summed E-state index contributed by atoms with van der Waals surface area (Å²) in [5.74, 6) is 0.345. The number of ether oxygens (including phenoxy) is 1. The van der Waals surface area contributed by atoms with Gasteiger partial charge in [-0.25, -0.2) is 0 Å². The molecule has 0 radical (unpaired) electrons. The molecule has 1 aromatic carbocycles. The number of anilines is 1. The first-order valence-electron chi connectivity index (χ1n) is 4.52. The Bertz CT molecular complexity index is 386. The highest BCUT2D eigenvalue weighted by atomic mass is 16.5. The van der Waals surface area contributed by atoms with Crippen LogP contribution in [0.15, 0.2) is 24.3 Å². The minimum absolute atomic E-state index is 0.214. The number of nitrogen functional groups attached to an aromatic ring is 1. The molecule has 4 heteroatoms. The summed E-state index contributed by atoms with van der Waals surface area (Å²) in [6.45, 7) is 0. The second kappa shape index (κ2) is 5.05. The van der Waals surface area contributed by atoms with Crippen LogP contribution in [-0.2, 0) is 4.79 Å². The van der Waals surface area contributed by atoms with Crippen molar-refractivity contribution in [3.8, 4) is 5.75 Å². The van der Waals surface area contributed by atoms with Crippen molar-refractivity contribution in [2.75, 3.05) is 12.8 Å². The van der Waals surface area contributed by atoms with E-state index < -0.39 is 0 Å². The molecule has 0 bridgehead atoms. The van der Waals surface area contributed by atoms with Crippen molar-refractivity contribution in [1.82, 2.24) is 0 Å². The van der Waals surface area contributed by atoms with Gasteiger partial charge < -0.3 is 16.2 Å². The smallest absolute Gasteiger partial charge is 0.221 e. The van der Waals surface area contributed by atoms with Crippen LogP contribution in [0.4, 0.5) is 5.69 Å². The number of primary amides is 1. The van der Waals surface area contributed by atoms with Gasteiger partial charge in [-0.1, -0.05) is 12.2 Å². The molecule has 80 valence electrons. The molecule has 0 atom stereocenters. The van der Waals surface area contributed by atoms with E-state index in [0.29, 0.717) is 11.4 Å². The van der Waals surface area contributed by atoms with Crippen LogP contribution in [0, 0.1) is 0 Å². The Hall–Kier alpha value is -1.97. The number of hydrogen-bond donors (Lipinski definition) is 2. The molecular formula is C11H14N2O2. The van der Waals surface area contributed by atoms with Gasteiger partial charge in [0.05, 0.1) is 7.11 Å². The molecule has 0 heterocycles. The van der Waals surface area contributed by atoms with Crippen molar-refractivity contribution in [1.29, 1.82) is 0 Å². The van der Waals surface area contributed by atoms with Gasteiger partial charge in [0.1, 0.15) is 5.75 Å². The molecule has 4 nitrogen and oxygen atoms in total. The largest absolute Gasteiger partial charge is 0.497 e. The zero-order chi connectivity index (χ0) is 11.3. The number of carbonyl (C=O) groups excluding carboxylic acids is 1. The van der Waals surface area contributed by atoms with Crippen LogP contribution >= 0.6 is 0 Å². The molecule has 1 amide bonds. The summed E-state index contributed by atoms with van der Waals surface area (Å²) in [4.78, 5) is 10.5. The van der Waals surface area contributed by atoms with Crippen molar-refractivity contribution < 1.29 is 9.53 Å². The van der Waals surface area contributed by atoms with Gasteiger partial charge >= 0.3 is 0 Å². The van der Waals surface area contributed by atoms with Crippen molar-refractivity contribution in [3.05, 3.63) is 29.8 Å². The maximum Gasteiger partial charge on any atom is 0.221 e. The van der Waals surface area contributed by atoms with E-state index in [1.165, 1.54) is 0 Å². The second-order valence-corrected chi connectivity index (χ2v) is 3.07. The lowest BCUT2D eigenvalue weighted by atomic mass is 10.1. The normalized spacial score (nSPS) is 10.5. The molecule has 4 N–H and O–H groups in total. The molecule has 0 aliphatic carbocycles. The number of rotatable bonds is 4. The van der Waals surface area contributed by atoms with E-state index in [1.54, 1.807) is 31.4 Å². The summed E-state index contributed by atoms with van der Waals surface area (Å²) in [5.41, 5.74) is 12.2. The predicted octanol–water partition coefficient (Wildman–Crippen LogP) is 1.17. The van der Waals surface area contributed by atoms with Crippen molar-refractivity contribution in [2.45, 2.75) is 6.42 Å². The molecular weight excluding hydrogens is 192 g/mol. The summed E-state index contributed by atoms with van der Waals surface area (Å²) in [6, 6.07) is 5.36. The lowest BCUT2D eigenvalue weighted by Crippen LogP contribution is -2.07. The predicted molar refractivity (Wildman–Crippen MR) is 60.3 cm³/mol. The third-order valence-corrected chi connectivity index (χ3v) is 1.91. The Kier molecular flexibility index (Phi) is 3.74. The number of methoxy groups -OCH3 is 1. The van der Waals surface area contributed by atoms with Gasteiger partial charge in [-0.3, -0.25) is 4.79 Å². The number of benzene rings is 1. The SMILES string of the molecule is COc1ccc(C=CCC(N)=O)c(N)c1. The van der Waals surface area contributed by atoms with Gasteiger partial charge in [0.15, 0.2) is 0 Å². The fraction of sp³-hybridized carbons (Fsp3) is 0.182. The molecule has 0 saturated carbocycles. The van der Waals surface area contributed by atoms with Gasteiger partial charge in [0.2, 0.25) is 5.91 Å². The highest BCUT2D eigenvalue weighted by Gasteiger charge is 1.97. The van der Waals surface area contributed by atoms with Gasteiger partial charge in [0, 0.05) is 18.2 Å². The molecule has 0 unspecified atom stereocenters. The zero-order valence-electron chi connectivity index (χ0n) is 8.57. The standard InChI is InChI=1S/C11H14N2O2/c1-15-9-6-5-8(10(12)7-9)3-2-4-11(13)14/h2-3,5-7H,4,12H2,1H3,(H2,13,14). The Morgan fingerprint density at radius 2 is 2.27 bits per heavy atom. The van der Waals surface area contributed by atoms with Crippen LogP contribution in [0.2, 0.25) is 0 Å². The number of nitrogens with two attached hydrogens (primary N) is 2. The highest BCUT2D eigenvalue weighted by Crippen LogP contribution is 2.20. The van der Waals surface area contributed by atoms with Crippen molar-refractivity contribution in [2.24, 2.45) is 5.73 Å².